The van der Waals surface area contributed by atoms with Gasteiger partial charge in [0.1, 0.15) is 6.29 Å². The summed E-state index contributed by atoms with van der Waals surface area (Å²) in [6.45, 7) is 17.4. The quantitative estimate of drug-likeness (QED) is 0.238. The predicted octanol–water partition coefficient (Wildman–Crippen LogP) is 9.60. The van der Waals surface area contributed by atoms with Gasteiger partial charge in [-0.25, -0.2) is 0 Å². The molecule has 3 nitrogen and oxygen atoms in total. The summed E-state index contributed by atoms with van der Waals surface area (Å²) in [5, 5.41) is 0. The number of hydrogen-bond acceptors (Lipinski definition) is 3. The number of rotatable bonds is 7. The van der Waals surface area contributed by atoms with Crippen LogP contribution in [0.5, 0.6) is 0 Å². The van der Waals surface area contributed by atoms with Crippen molar-refractivity contribution in [2.75, 3.05) is 33.2 Å². The van der Waals surface area contributed by atoms with Gasteiger partial charge in [0, 0.05) is 20.1 Å². The van der Waals surface area contributed by atoms with Crippen LogP contribution in [0, 0.1) is 35.0 Å². The highest BCUT2D eigenvalue weighted by molar-refractivity contribution is 7.56. The molecule has 220 valence electrons. The van der Waals surface area contributed by atoms with Crippen LogP contribution in [0.25, 0.3) is 0 Å². The van der Waals surface area contributed by atoms with Gasteiger partial charge in [0.05, 0.1) is 11.7 Å². The van der Waals surface area contributed by atoms with Crippen LogP contribution in [0.15, 0.2) is 0 Å². The van der Waals surface area contributed by atoms with Crippen molar-refractivity contribution >= 4 is 14.2 Å². The van der Waals surface area contributed by atoms with E-state index in [1.165, 1.54) is 76.8 Å². The summed E-state index contributed by atoms with van der Waals surface area (Å²) in [5.41, 5.74) is 0.599. The van der Waals surface area contributed by atoms with E-state index in [1.54, 1.807) is 20.4 Å². The van der Waals surface area contributed by atoms with Crippen LogP contribution in [0.1, 0.15) is 126 Å². The molecule has 0 spiro atoms. The molecule has 0 aromatic carbocycles. The second kappa shape index (κ2) is 17.7. The number of fused-ring (bicyclic) bond motifs is 5. The first-order valence-electron chi connectivity index (χ1n) is 15.8. The second-order valence-corrected chi connectivity index (χ2v) is 15.9. The Hall–Kier alpha value is 0.0200. The second-order valence-electron chi connectivity index (χ2n) is 13.4. The lowest BCUT2D eigenvalue weighted by Gasteiger charge is -2.45. The van der Waals surface area contributed by atoms with E-state index in [0.29, 0.717) is 5.41 Å². The first kappa shape index (κ1) is 35.0. The van der Waals surface area contributed by atoms with Crippen molar-refractivity contribution in [1.82, 2.24) is 0 Å². The van der Waals surface area contributed by atoms with Gasteiger partial charge in [-0.1, -0.05) is 46.5 Å². The fraction of sp³-hybridized carbons (Fsp3) is 0.970. The predicted molar refractivity (Wildman–Crippen MR) is 164 cm³/mol. The molecule has 0 radical (unpaired) electrons. The summed E-state index contributed by atoms with van der Waals surface area (Å²) in [6, 6.07) is 0. The van der Waals surface area contributed by atoms with Gasteiger partial charge >= 0.3 is 0 Å². The van der Waals surface area contributed by atoms with Crippen molar-refractivity contribution in [3.05, 3.63) is 0 Å². The highest BCUT2D eigenvalue weighted by atomic mass is 31.1. The van der Waals surface area contributed by atoms with Crippen molar-refractivity contribution < 1.29 is 14.3 Å². The first-order chi connectivity index (χ1) is 17.5. The Balaban J connectivity index is 0.000000752. The Morgan fingerprint density at radius 2 is 1.70 bits per heavy atom. The largest absolute Gasteiger partial charge is 0.381 e. The molecule has 2 saturated carbocycles. The molecule has 3 aliphatic rings. The zero-order valence-corrected chi connectivity index (χ0v) is 27.5. The number of methoxy groups -OCH3 is 2. The van der Waals surface area contributed by atoms with Gasteiger partial charge in [0.2, 0.25) is 0 Å². The van der Waals surface area contributed by atoms with Gasteiger partial charge in [-0.15, -0.1) is 7.92 Å². The summed E-state index contributed by atoms with van der Waals surface area (Å²) in [4.78, 5) is 11.5. The van der Waals surface area contributed by atoms with Crippen molar-refractivity contribution in [3.8, 4) is 0 Å². The zero-order chi connectivity index (χ0) is 28.1. The minimum atomic E-state index is 0.0417. The third-order valence-corrected chi connectivity index (χ3v) is 12.2. The smallest absolute Gasteiger partial charge is 0.125 e. The summed E-state index contributed by atoms with van der Waals surface area (Å²) >= 11 is 0. The van der Waals surface area contributed by atoms with E-state index in [0.717, 1.165) is 36.4 Å². The van der Waals surface area contributed by atoms with E-state index in [4.69, 9.17) is 9.47 Å². The molecule has 3 rings (SSSR count). The number of carbonyl (C=O) groups is 1. The van der Waals surface area contributed by atoms with E-state index in [2.05, 4.69) is 13.6 Å². The Morgan fingerprint density at radius 1 is 1.03 bits per heavy atom. The van der Waals surface area contributed by atoms with E-state index >= 15 is 0 Å². The summed E-state index contributed by atoms with van der Waals surface area (Å²) < 4.78 is 10.4. The average Bonchev–Trinajstić information content (AvgIpc) is 3.19. The zero-order valence-electron chi connectivity index (χ0n) is 26.6. The van der Waals surface area contributed by atoms with Gasteiger partial charge < -0.3 is 14.3 Å². The Bertz CT molecular complexity index is 603. The topological polar surface area (TPSA) is 35.5 Å². The molecule has 2 aliphatic carbocycles. The molecule has 4 heteroatoms. The van der Waals surface area contributed by atoms with Crippen LogP contribution < -0.4 is 0 Å². The molecular weight excluding hydrogens is 475 g/mol. The Kier molecular flexibility index (Phi) is 16.7. The fourth-order valence-electron chi connectivity index (χ4n) is 7.29. The molecule has 1 aliphatic heterocycles. The number of hydrogen-bond donors (Lipinski definition) is 0. The molecule has 0 amide bonds. The third-order valence-electron chi connectivity index (χ3n) is 10.0. The molecule has 37 heavy (non-hydrogen) atoms. The van der Waals surface area contributed by atoms with Gasteiger partial charge in [-0.3, -0.25) is 0 Å². The van der Waals surface area contributed by atoms with Crippen LogP contribution in [-0.2, 0) is 14.3 Å². The maximum absolute atomic E-state index is 11.5. The van der Waals surface area contributed by atoms with E-state index in [9.17, 15) is 4.79 Å². The van der Waals surface area contributed by atoms with Crippen LogP contribution in [0.3, 0.4) is 0 Å². The minimum absolute atomic E-state index is 0.0417. The van der Waals surface area contributed by atoms with Crippen molar-refractivity contribution in [2.24, 2.45) is 35.0 Å². The van der Waals surface area contributed by atoms with E-state index in [1.807, 2.05) is 41.5 Å². The molecular formula is C33H65O3P. The lowest BCUT2D eigenvalue weighted by molar-refractivity contribution is -0.115. The van der Waals surface area contributed by atoms with Gasteiger partial charge in [0.15, 0.2) is 0 Å². The number of carbonyl (C=O) groups excluding carboxylic acids is 1. The molecule has 1 heterocycles. The standard InChI is InChI=1S/C26H47O2P.C5H12O.C2H6/c1-20(28-3)22(18-27)9-7-10-24-13-14-25-23-12-11-21(15-16-26(24,25)2)8-5-6-17-29(4)19-23;1-5(2,3)6-4;1-2/h18,20-25H,5-17,19H2,1-4H3;1-4H3;1-2H3/t20?,21-,22?,23?,24?,25?,26?,29?;;/m1../s1. The number of ether oxygens (including phenoxy) is 2. The minimum Gasteiger partial charge on any atom is -0.381 e. The molecule has 0 aromatic heterocycles. The monoisotopic (exact) mass is 540 g/mol. The lowest BCUT2D eigenvalue weighted by Crippen LogP contribution is -2.37. The van der Waals surface area contributed by atoms with E-state index in [-0.39, 0.29) is 25.5 Å². The molecule has 0 aromatic rings. The average molecular weight is 541 g/mol. The van der Waals surface area contributed by atoms with Crippen molar-refractivity contribution in [1.29, 1.82) is 0 Å². The maximum atomic E-state index is 11.5. The molecule has 2 bridgehead atoms. The van der Waals surface area contributed by atoms with Crippen molar-refractivity contribution in [2.45, 2.75) is 137 Å². The Labute approximate surface area is 233 Å². The number of aldehydes is 1. The molecule has 1 saturated heterocycles. The summed E-state index contributed by atoms with van der Waals surface area (Å²) in [7, 11) is 3.69. The van der Waals surface area contributed by atoms with Gasteiger partial charge in [0.25, 0.3) is 0 Å². The van der Waals surface area contributed by atoms with E-state index < -0.39 is 0 Å². The Morgan fingerprint density at radius 3 is 2.30 bits per heavy atom. The first-order valence-corrected chi connectivity index (χ1v) is 17.9. The highest BCUT2D eigenvalue weighted by Crippen LogP contribution is 2.59. The molecule has 0 N–H and O–H groups in total. The fourth-order valence-corrected chi connectivity index (χ4v) is 9.48. The van der Waals surface area contributed by atoms with Crippen LogP contribution in [-0.4, -0.2) is 51.2 Å². The van der Waals surface area contributed by atoms with Crippen molar-refractivity contribution in [3.63, 3.8) is 0 Å². The molecule has 3 fully saturated rings. The summed E-state index contributed by atoms with van der Waals surface area (Å²) in [5.74, 6) is 3.92. The highest BCUT2D eigenvalue weighted by Gasteiger charge is 2.49. The summed E-state index contributed by atoms with van der Waals surface area (Å²) in [6.07, 6.45) is 21.2. The lowest BCUT2D eigenvalue weighted by atomic mass is 9.62. The van der Waals surface area contributed by atoms with Gasteiger partial charge in [-0.05, 0) is 127 Å². The maximum Gasteiger partial charge on any atom is 0.125 e. The van der Waals surface area contributed by atoms with Crippen LogP contribution >= 0.6 is 7.92 Å². The van der Waals surface area contributed by atoms with Crippen LogP contribution in [0.4, 0.5) is 0 Å². The van der Waals surface area contributed by atoms with Gasteiger partial charge in [-0.2, -0.15) is 0 Å². The molecule has 7 unspecified atom stereocenters. The molecule has 8 atom stereocenters. The SMILES string of the molecule is CC.COC(C)(C)C.COC(C)C(C=O)CCCC1CCC2C3CC[C@@H](CCCCP(C)C3)CCC12C. The van der Waals surface area contributed by atoms with Crippen LogP contribution in [0.2, 0.25) is 0 Å². The third kappa shape index (κ3) is 11.6. The normalized spacial score (nSPS) is 33.8.